The van der Waals surface area contributed by atoms with Crippen molar-refractivity contribution in [3.63, 3.8) is 0 Å². The molecule has 0 saturated carbocycles. The van der Waals surface area contributed by atoms with Crippen LogP contribution < -0.4 is 4.74 Å². The van der Waals surface area contributed by atoms with Crippen LogP contribution in [-0.2, 0) is 9.53 Å². The Hall–Kier alpha value is -1.51. The highest BCUT2D eigenvalue weighted by Gasteiger charge is 2.31. The molecule has 0 aliphatic carbocycles. The standard InChI is InChI=1S/C13H16O3/c1-13(2,3)12(14)16-11-8-15-10-7-5-4-6-9(10)11/h4-7,11H,8H2,1-3H3. The number of rotatable bonds is 1. The highest BCUT2D eigenvalue weighted by molar-refractivity contribution is 5.75. The first kappa shape index (κ1) is 11.0. The van der Waals surface area contributed by atoms with Crippen LogP contribution in [0.15, 0.2) is 24.3 Å². The van der Waals surface area contributed by atoms with Crippen molar-refractivity contribution in [1.82, 2.24) is 0 Å². The van der Waals surface area contributed by atoms with Crippen LogP contribution in [-0.4, -0.2) is 12.6 Å². The zero-order valence-corrected chi connectivity index (χ0v) is 9.82. The van der Waals surface area contributed by atoms with E-state index >= 15 is 0 Å². The fraction of sp³-hybridized carbons (Fsp3) is 0.462. The summed E-state index contributed by atoms with van der Waals surface area (Å²) < 4.78 is 10.9. The Labute approximate surface area is 95.4 Å². The SMILES string of the molecule is CC(C)(C)C(=O)OC1COc2ccccc21. The summed E-state index contributed by atoms with van der Waals surface area (Å²) >= 11 is 0. The molecule has 0 radical (unpaired) electrons. The van der Waals surface area contributed by atoms with Crippen LogP contribution >= 0.6 is 0 Å². The molecule has 1 aliphatic rings. The second-order valence-electron chi connectivity index (χ2n) is 4.99. The predicted octanol–water partition coefficient (Wildman–Crippen LogP) is 2.71. The summed E-state index contributed by atoms with van der Waals surface area (Å²) in [6.07, 6.45) is -0.261. The van der Waals surface area contributed by atoms with Crippen LogP contribution in [0.3, 0.4) is 0 Å². The van der Waals surface area contributed by atoms with E-state index in [1.54, 1.807) is 0 Å². The first-order valence-electron chi connectivity index (χ1n) is 5.41. The molecule has 1 aromatic rings. The van der Waals surface area contributed by atoms with Crippen molar-refractivity contribution in [2.45, 2.75) is 26.9 Å². The van der Waals surface area contributed by atoms with Gasteiger partial charge in [0.2, 0.25) is 0 Å². The van der Waals surface area contributed by atoms with E-state index in [9.17, 15) is 4.79 Å². The number of fused-ring (bicyclic) bond motifs is 1. The van der Waals surface area contributed by atoms with Crippen molar-refractivity contribution in [1.29, 1.82) is 0 Å². The average Bonchev–Trinajstić information content (AvgIpc) is 2.61. The van der Waals surface area contributed by atoms with E-state index in [2.05, 4.69) is 0 Å². The van der Waals surface area contributed by atoms with E-state index in [1.807, 2.05) is 45.0 Å². The normalized spacial score (nSPS) is 18.8. The Morgan fingerprint density at radius 3 is 2.75 bits per heavy atom. The molecule has 1 unspecified atom stereocenters. The van der Waals surface area contributed by atoms with Gasteiger partial charge >= 0.3 is 5.97 Å². The highest BCUT2D eigenvalue weighted by atomic mass is 16.6. The first-order chi connectivity index (χ1) is 7.48. The molecule has 0 spiro atoms. The van der Waals surface area contributed by atoms with Crippen LogP contribution in [0.1, 0.15) is 32.4 Å². The molecule has 1 aliphatic heterocycles. The van der Waals surface area contributed by atoms with Crippen molar-refractivity contribution in [2.24, 2.45) is 5.41 Å². The van der Waals surface area contributed by atoms with E-state index < -0.39 is 5.41 Å². The minimum Gasteiger partial charge on any atom is -0.489 e. The number of carbonyl (C=O) groups is 1. The second-order valence-corrected chi connectivity index (χ2v) is 4.99. The monoisotopic (exact) mass is 220 g/mol. The summed E-state index contributed by atoms with van der Waals surface area (Å²) in [6.45, 7) is 5.95. The smallest absolute Gasteiger partial charge is 0.311 e. The van der Waals surface area contributed by atoms with E-state index in [1.165, 1.54) is 0 Å². The molecule has 1 aromatic carbocycles. The number of hydrogen-bond donors (Lipinski definition) is 0. The van der Waals surface area contributed by atoms with E-state index in [0.29, 0.717) is 6.61 Å². The molecule has 16 heavy (non-hydrogen) atoms. The fourth-order valence-corrected chi connectivity index (χ4v) is 1.54. The molecule has 0 aromatic heterocycles. The third kappa shape index (κ3) is 2.03. The van der Waals surface area contributed by atoms with Gasteiger partial charge in [-0.15, -0.1) is 0 Å². The second kappa shape index (κ2) is 3.81. The lowest BCUT2D eigenvalue weighted by Gasteiger charge is -2.19. The number of ether oxygens (including phenoxy) is 2. The molecule has 3 heteroatoms. The molecule has 1 heterocycles. The van der Waals surface area contributed by atoms with Gasteiger partial charge in [0.1, 0.15) is 12.4 Å². The van der Waals surface area contributed by atoms with Gasteiger partial charge in [0.05, 0.1) is 5.41 Å². The lowest BCUT2D eigenvalue weighted by molar-refractivity contribution is -0.159. The Balaban J connectivity index is 2.12. The van der Waals surface area contributed by atoms with Gasteiger partial charge < -0.3 is 9.47 Å². The van der Waals surface area contributed by atoms with Gasteiger partial charge in [0.25, 0.3) is 0 Å². The van der Waals surface area contributed by atoms with Crippen LogP contribution in [0.4, 0.5) is 0 Å². The lowest BCUT2D eigenvalue weighted by Crippen LogP contribution is -2.25. The average molecular weight is 220 g/mol. The molecule has 0 saturated heterocycles. The number of carbonyl (C=O) groups excluding carboxylic acids is 1. The van der Waals surface area contributed by atoms with E-state index in [-0.39, 0.29) is 12.1 Å². The first-order valence-corrected chi connectivity index (χ1v) is 5.41. The van der Waals surface area contributed by atoms with Crippen molar-refractivity contribution >= 4 is 5.97 Å². The van der Waals surface area contributed by atoms with Crippen LogP contribution in [0, 0.1) is 5.41 Å². The number of esters is 1. The molecule has 0 fully saturated rings. The molecule has 3 nitrogen and oxygen atoms in total. The van der Waals surface area contributed by atoms with E-state index in [0.717, 1.165) is 11.3 Å². The Morgan fingerprint density at radius 1 is 1.38 bits per heavy atom. The lowest BCUT2D eigenvalue weighted by atomic mass is 9.97. The Bertz CT molecular complexity index is 404. The third-order valence-corrected chi connectivity index (χ3v) is 2.52. The third-order valence-electron chi connectivity index (χ3n) is 2.52. The minimum absolute atomic E-state index is 0.196. The van der Waals surface area contributed by atoms with Crippen molar-refractivity contribution < 1.29 is 14.3 Å². The maximum Gasteiger partial charge on any atom is 0.311 e. The summed E-state index contributed by atoms with van der Waals surface area (Å²) in [6, 6.07) is 7.65. The van der Waals surface area contributed by atoms with Crippen LogP contribution in [0.25, 0.3) is 0 Å². The van der Waals surface area contributed by atoms with E-state index in [4.69, 9.17) is 9.47 Å². The van der Waals surface area contributed by atoms with Gasteiger partial charge in [-0.3, -0.25) is 4.79 Å². The molecule has 0 N–H and O–H groups in total. The quantitative estimate of drug-likeness (QED) is 0.683. The Morgan fingerprint density at radius 2 is 2.06 bits per heavy atom. The summed E-state index contributed by atoms with van der Waals surface area (Å²) in [5, 5.41) is 0. The van der Waals surface area contributed by atoms with Gasteiger partial charge in [-0.05, 0) is 26.8 Å². The molecule has 0 amide bonds. The molecular weight excluding hydrogens is 204 g/mol. The summed E-state index contributed by atoms with van der Waals surface area (Å²) in [5.74, 6) is 0.618. The van der Waals surface area contributed by atoms with Gasteiger partial charge in [-0.25, -0.2) is 0 Å². The Kier molecular flexibility index (Phi) is 2.62. The maximum absolute atomic E-state index is 11.8. The van der Waals surface area contributed by atoms with Crippen molar-refractivity contribution in [2.75, 3.05) is 6.61 Å². The van der Waals surface area contributed by atoms with Gasteiger partial charge in [0.15, 0.2) is 6.10 Å². The van der Waals surface area contributed by atoms with Crippen molar-refractivity contribution in [3.05, 3.63) is 29.8 Å². The largest absolute Gasteiger partial charge is 0.489 e. The topological polar surface area (TPSA) is 35.5 Å². The van der Waals surface area contributed by atoms with Gasteiger partial charge in [0, 0.05) is 5.56 Å². The van der Waals surface area contributed by atoms with Crippen LogP contribution in [0.2, 0.25) is 0 Å². The summed E-state index contributed by atoms with van der Waals surface area (Å²) in [4.78, 5) is 11.8. The van der Waals surface area contributed by atoms with Crippen LogP contribution in [0.5, 0.6) is 5.75 Å². The fourth-order valence-electron chi connectivity index (χ4n) is 1.54. The number of para-hydroxylation sites is 1. The number of hydrogen-bond acceptors (Lipinski definition) is 3. The molecule has 2 rings (SSSR count). The zero-order chi connectivity index (χ0) is 11.8. The van der Waals surface area contributed by atoms with Crippen molar-refractivity contribution in [3.8, 4) is 5.75 Å². The molecular formula is C13H16O3. The molecule has 0 bridgehead atoms. The maximum atomic E-state index is 11.8. The predicted molar refractivity (Wildman–Crippen MR) is 60.2 cm³/mol. The molecule has 86 valence electrons. The van der Waals surface area contributed by atoms with Gasteiger partial charge in [-0.1, -0.05) is 18.2 Å². The summed E-state index contributed by atoms with van der Waals surface area (Å²) in [5.41, 5.74) is 0.484. The highest BCUT2D eigenvalue weighted by Crippen LogP contribution is 2.35. The number of benzene rings is 1. The summed E-state index contributed by atoms with van der Waals surface area (Å²) in [7, 11) is 0. The molecule has 1 atom stereocenters. The van der Waals surface area contributed by atoms with Gasteiger partial charge in [-0.2, -0.15) is 0 Å². The minimum atomic E-state index is -0.475. The zero-order valence-electron chi connectivity index (χ0n) is 9.82.